The lowest BCUT2D eigenvalue weighted by atomic mass is 10.0. The second-order valence-corrected chi connectivity index (χ2v) is 11.1. The first-order chi connectivity index (χ1) is 18.9. The molecule has 0 amide bonds. The van der Waals surface area contributed by atoms with Gasteiger partial charge in [0.25, 0.3) is 6.43 Å². The number of pyridine rings is 1. The zero-order chi connectivity index (χ0) is 27.6. The van der Waals surface area contributed by atoms with Gasteiger partial charge in [-0.25, -0.2) is 8.78 Å². The molecule has 5 rings (SSSR count). The monoisotopic (exact) mass is 549 g/mol. The van der Waals surface area contributed by atoms with Gasteiger partial charge in [-0.05, 0) is 55.1 Å². The van der Waals surface area contributed by atoms with Gasteiger partial charge in [0.05, 0.1) is 18.0 Å². The minimum atomic E-state index is -2.58. The largest absolute Gasteiger partial charge is 0.343 e. The van der Waals surface area contributed by atoms with E-state index in [2.05, 4.69) is 70.1 Å². The molecule has 1 fully saturated rings. The van der Waals surface area contributed by atoms with Crippen molar-refractivity contribution in [3.05, 3.63) is 108 Å². The molecule has 0 saturated carbocycles. The first-order valence-electron chi connectivity index (χ1n) is 12.8. The quantitative estimate of drug-likeness (QED) is 0.382. The van der Waals surface area contributed by atoms with Crippen LogP contribution in [0, 0.1) is 0 Å². The SMILES string of the molecule is C=CN(Cc1ccc(C2=NN=C(C(F)F)C2)cn1)c1ccc(Cc2ccccc2)cc1.CN1CCS(=O)CC1. The summed E-state index contributed by atoms with van der Waals surface area (Å²) >= 11 is 0. The Morgan fingerprint density at radius 1 is 1.00 bits per heavy atom. The molecule has 0 unspecified atom stereocenters. The molecular weight excluding hydrogens is 516 g/mol. The van der Waals surface area contributed by atoms with E-state index in [0.29, 0.717) is 17.8 Å². The molecule has 0 N–H and O–H groups in total. The maximum absolute atomic E-state index is 12.7. The van der Waals surface area contributed by atoms with Crippen molar-refractivity contribution in [1.82, 2.24) is 9.88 Å². The van der Waals surface area contributed by atoms with Crippen LogP contribution in [0.1, 0.15) is 28.8 Å². The molecule has 204 valence electrons. The molecule has 1 saturated heterocycles. The average molecular weight is 550 g/mol. The summed E-state index contributed by atoms with van der Waals surface area (Å²) in [5, 5.41) is 7.41. The van der Waals surface area contributed by atoms with Gasteiger partial charge >= 0.3 is 0 Å². The van der Waals surface area contributed by atoms with E-state index in [9.17, 15) is 13.0 Å². The van der Waals surface area contributed by atoms with Crippen LogP contribution in [0.15, 0.2) is 95.9 Å². The summed E-state index contributed by atoms with van der Waals surface area (Å²) in [6, 6.07) is 22.5. The van der Waals surface area contributed by atoms with Crippen molar-refractivity contribution in [2.45, 2.75) is 25.8 Å². The summed E-state index contributed by atoms with van der Waals surface area (Å²) in [7, 11) is 1.56. The van der Waals surface area contributed by atoms with Gasteiger partial charge in [0.2, 0.25) is 0 Å². The molecule has 2 aliphatic rings. The molecule has 3 aromatic rings. The highest BCUT2D eigenvalue weighted by atomic mass is 32.2. The second kappa shape index (κ2) is 14.0. The Kier molecular flexibility index (Phi) is 10.2. The molecule has 6 nitrogen and oxygen atoms in total. The Hall–Kier alpha value is -3.56. The lowest BCUT2D eigenvalue weighted by molar-refractivity contribution is 0.224. The molecule has 3 heterocycles. The van der Waals surface area contributed by atoms with Crippen LogP contribution in [0.5, 0.6) is 0 Å². The van der Waals surface area contributed by atoms with Crippen molar-refractivity contribution >= 4 is 27.9 Å². The van der Waals surface area contributed by atoms with E-state index in [1.807, 2.05) is 35.2 Å². The fourth-order valence-electron chi connectivity index (χ4n) is 4.14. The van der Waals surface area contributed by atoms with E-state index in [1.165, 1.54) is 11.1 Å². The van der Waals surface area contributed by atoms with Crippen molar-refractivity contribution in [2.24, 2.45) is 10.2 Å². The lowest BCUT2D eigenvalue weighted by Crippen LogP contribution is -2.34. The normalized spacial score (nSPS) is 15.8. The van der Waals surface area contributed by atoms with Crippen LogP contribution < -0.4 is 4.90 Å². The van der Waals surface area contributed by atoms with Gasteiger partial charge < -0.3 is 9.80 Å². The van der Waals surface area contributed by atoms with Crippen molar-refractivity contribution in [3.8, 4) is 0 Å². The van der Waals surface area contributed by atoms with Crippen LogP contribution in [0.4, 0.5) is 14.5 Å². The van der Waals surface area contributed by atoms with Gasteiger partial charge in [-0.1, -0.05) is 49.0 Å². The van der Waals surface area contributed by atoms with Crippen LogP contribution in [0.3, 0.4) is 0 Å². The van der Waals surface area contributed by atoms with E-state index in [4.69, 9.17) is 0 Å². The molecule has 0 bridgehead atoms. The summed E-state index contributed by atoms with van der Waals surface area (Å²) < 4.78 is 36.2. The first kappa shape index (κ1) is 28.4. The van der Waals surface area contributed by atoms with Crippen molar-refractivity contribution in [3.63, 3.8) is 0 Å². The third-order valence-electron chi connectivity index (χ3n) is 6.53. The van der Waals surface area contributed by atoms with Crippen LogP contribution >= 0.6 is 0 Å². The number of benzene rings is 2. The maximum Gasteiger partial charge on any atom is 0.278 e. The molecule has 0 aliphatic carbocycles. The van der Waals surface area contributed by atoms with E-state index < -0.39 is 17.2 Å². The van der Waals surface area contributed by atoms with Gasteiger partial charge in [0.15, 0.2) is 0 Å². The molecule has 0 spiro atoms. The minimum Gasteiger partial charge on any atom is -0.343 e. The summed E-state index contributed by atoms with van der Waals surface area (Å²) in [5.74, 6) is 1.74. The van der Waals surface area contributed by atoms with Gasteiger partial charge in [-0.15, -0.1) is 0 Å². The number of aromatic nitrogens is 1. The van der Waals surface area contributed by atoms with E-state index in [-0.39, 0.29) is 12.1 Å². The summed E-state index contributed by atoms with van der Waals surface area (Å²) in [4.78, 5) is 8.69. The predicted molar refractivity (Wildman–Crippen MR) is 156 cm³/mol. The lowest BCUT2D eigenvalue weighted by Gasteiger charge is -2.20. The number of alkyl halides is 2. The number of nitrogens with zero attached hydrogens (tertiary/aromatic N) is 5. The number of hydrogen-bond donors (Lipinski definition) is 0. The Morgan fingerprint density at radius 2 is 1.69 bits per heavy atom. The maximum atomic E-state index is 12.7. The standard InChI is InChI=1S/C25H22F2N4.C5H11NOS/c1-2-31(22-12-8-19(9-13-22)14-18-6-4-3-5-7-18)17-21-11-10-20(16-28-21)23-15-24(25(26)27)30-29-23;1-6-2-4-8(7)5-3-6/h2-13,16,25H,1,14-15,17H2;2-5H2,1H3. The predicted octanol–water partition coefficient (Wildman–Crippen LogP) is 5.32. The van der Waals surface area contributed by atoms with Crippen LogP contribution in [-0.4, -0.2) is 63.6 Å². The van der Waals surface area contributed by atoms with Crippen molar-refractivity contribution in [1.29, 1.82) is 0 Å². The Morgan fingerprint density at radius 3 is 2.26 bits per heavy atom. The molecular formula is C30H33F2N5OS. The molecule has 2 aromatic carbocycles. The Labute approximate surface area is 231 Å². The van der Waals surface area contributed by atoms with E-state index in [0.717, 1.165) is 42.4 Å². The van der Waals surface area contributed by atoms with Gasteiger partial charge in [-0.3, -0.25) is 9.19 Å². The van der Waals surface area contributed by atoms with Crippen LogP contribution in [0.25, 0.3) is 0 Å². The van der Waals surface area contributed by atoms with Gasteiger partial charge in [0, 0.05) is 59.3 Å². The first-order valence-corrected chi connectivity index (χ1v) is 14.3. The van der Waals surface area contributed by atoms with E-state index >= 15 is 0 Å². The number of halogens is 2. The smallest absolute Gasteiger partial charge is 0.278 e. The summed E-state index contributed by atoms with van der Waals surface area (Å²) in [6.45, 7) is 6.48. The van der Waals surface area contributed by atoms with E-state index in [1.54, 1.807) is 12.4 Å². The molecule has 9 heteroatoms. The van der Waals surface area contributed by atoms with Crippen LogP contribution in [-0.2, 0) is 23.8 Å². The van der Waals surface area contributed by atoms with Crippen LogP contribution in [0.2, 0.25) is 0 Å². The van der Waals surface area contributed by atoms with Gasteiger partial charge in [0.1, 0.15) is 5.71 Å². The third kappa shape index (κ3) is 8.46. The Bertz CT molecular complexity index is 1300. The fraction of sp³-hybridized carbons (Fsp3) is 0.300. The van der Waals surface area contributed by atoms with Crippen molar-refractivity contribution < 1.29 is 13.0 Å². The van der Waals surface area contributed by atoms with Gasteiger partial charge in [-0.2, -0.15) is 10.2 Å². The minimum absolute atomic E-state index is 0.0623. The number of rotatable bonds is 8. The summed E-state index contributed by atoms with van der Waals surface area (Å²) in [5.41, 5.74) is 5.40. The molecule has 0 atom stereocenters. The fourth-order valence-corrected chi connectivity index (χ4v) is 5.37. The molecule has 39 heavy (non-hydrogen) atoms. The number of hydrogen-bond acceptors (Lipinski definition) is 6. The molecule has 2 aliphatic heterocycles. The zero-order valence-electron chi connectivity index (χ0n) is 22.0. The van der Waals surface area contributed by atoms with Crippen molar-refractivity contribution in [2.75, 3.05) is 36.5 Å². The third-order valence-corrected chi connectivity index (χ3v) is 7.81. The molecule has 1 aromatic heterocycles. The number of anilines is 1. The molecule has 0 radical (unpaired) electrons. The second-order valence-electron chi connectivity index (χ2n) is 9.44. The Balaban J connectivity index is 0.000000379. The highest BCUT2D eigenvalue weighted by Gasteiger charge is 2.22. The topological polar surface area (TPSA) is 61.2 Å². The average Bonchev–Trinajstić information content (AvgIpc) is 3.46. The highest BCUT2D eigenvalue weighted by molar-refractivity contribution is 7.85. The summed E-state index contributed by atoms with van der Waals surface area (Å²) in [6.07, 6.45) is 1.80. The highest BCUT2D eigenvalue weighted by Crippen LogP contribution is 2.20. The zero-order valence-corrected chi connectivity index (χ0v) is 22.9.